The predicted octanol–water partition coefficient (Wildman–Crippen LogP) is 2.89. The van der Waals surface area contributed by atoms with Crippen LogP contribution in [0, 0.1) is 5.41 Å². The van der Waals surface area contributed by atoms with Crippen LogP contribution in [-0.4, -0.2) is 62.3 Å². The van der Waals surface area contributed by atoms with E-state index >= 15 is 0 Å². The van der Waals surface area contributed by atoms with Crippen molar-refractivity contribution in [2.45, 2.75) is 44.6 Å². The molecule has 6 heteroatoms. The topological polar surface area (TPSA) is 67.8 Å². The first-order valence-electron chi connectivity index (χ1n) is 10.9. The fourth-order valence-corrected chi connectivity index (χ4v) is 4.99. The normalized spacial score (nSPS) is 19.9. The van der Waals surface area contributed by atoms with Crippen molar-refractivity contribution in [1.29, 1.82) is 0 Å². The Hall–Kier alpha value is -1.89. The average Bonchev–Trinajstić information content (AvgIpc) is 3.19. The third kappa shape index (κ3) is 6.04. The van der Waals surface area contributed by atoms with Gasteiger partial charge in [0.1, 0.15) is 0 Å². The fraction of sp³-hybridized carbons (Fsp3) is 0.609. The highest BCUT2D eigenvalue weighted by Gasteiger charge is 2.35. The van der Waals surface area contributed by atoms with Gasteiger partial charge in [-0.2, -0.15) is 0 Å². The number of para-hydroxylation sites is 1. The highest BCUT2D eigenvalue weighted by atomic mass is 16.5. The summed E-state index contributed by atoms with van der Waals surface area (Å²) in [7, 11) is 4.38. The van der Waals surface area contributed by atoms with Gasteiger partial charge in [0.15, 0.2) is 0 Å². The van der Waals surface area contributed by atoms with Gasteiger partial charge in [-0.05, 0) is 62.9 Å². The van der Waals surface area contributed by atoms with E-state index in [1.807, 2.05) is 18.2 Å². The van der Waals surface area contributed by atoms with E-state index in [4.69, 9.17) is 5.21 Å². The Morgan fingerprint density at radius 3 is 2.59 bits per heavy atom. The summed E-state index contributed by atoms with van der Waals surface area (Å²) in [5.74, 6) is -0.513. The first kappa shape index (κ1) is 21.8. The summed E-state index contributed by atoms with van der Waals surface area (Å²) >= 11 is 0. The standard InChI is InChI=1S/C23H36N4O2/c1-26(2)18-23(13-5-6-14-23)17-24-20-11-15-27(16-12-20)21-8-4-3-7-19(21)9-10-22(28)25-29/h3-4,7-10,20,24,29H,5-6,11-18H2,1-2H3,(H,25,28). The van der Waals surface area contributed by atoms with Crippen molar-refractivity contribution in [3.8, 4) is 0 Å². The van der Waals surface area contributed by atoms with E-state index in [0.29, 0.717) is 11.5 Å². The molecule has 3 N–H and O–H groups in total. The number of hydroxylamine groups is 1. The SMILES string of the molecule is CN(C)CC1(CNC2CCN(c3ccccc3C=CC(=O)NO)CC2)CCCC1. The number of nitrogens with one attached hydrogen (secondary N) is 2. The van der Waals surface area contributed by atoms with Gasteiger partial charge in [-0.15, -0.1) is 0 Å². The highest BCUT2D eigenvalue weighted by molar-refractivity contribution is 5.91. The zero-order chi connectivity index (χ0) is 20.7. The molecule has 1 heterocycles. The molecule has 0 unspecified atom stereocenters. The van der Waals surface area contributed by atoms with E-state index in [0.717, 1.165) is 43.7 Å². The minimum absolute atomic E-state index is 0.450. The van der Waals surface area contributed by atoms with Crippen LogP contribution in [0.3, 0.4) is 0 Å². The minimum Gasteiger partial charge on any atom is -0.371 e. The molecule has 0 bridgehead atoms. The van der Waals surface area contributed by atoms with Gasteiger partial charge in [-0.3, -0.25) is 10.0 Å². The number of nitrogens with zero attached hydrogens (tertiary/aromatic N) is 2. The van der Waals surface area contributed by atoms with Crippen molar-refractivity contribution >= 4 is 17.7 Å². The lowest BCUT2D eigenvalue weighted by atomic mass is 9.85. The Morgan fingerprint density at radius 1 is 1.24 bits per heavy atom. The van der Waals surface area contributed by atoms with Crippen LogP contribution in [0.15, 0.2) is 30.3 Å². The molecule has 2 aliphatic rings. The third-order valence-electron chi connectivity index (χ3n) is 6.38. The summed E-state index contributed by atoms with van der Waals surface area (Å²) in [6, 6.07) is 8.70. The number of amides is 1. The lowest BCUT2D eigenvalue weighted by Crippen LogP contribution is -2.48. The van der Waals surface area contributed by atoms with Gasteiger partial charge in [-0.25, -0.2) is 5.48 Å². The van der Waals surface area contributed by atoms with Crippen molar-refractivity contribution in [2.24, 2.45) is 5.41 Å². The van der Waals surface area contributed by atoms with Gasteiger partial charge >= 0.3 is 0 Å². The summed E-state index contributed by atoms with van der Waals surface area (Å²) in [6.45, 7) is 4.33. The van der Waals surface area contributed by atoms with Gasteiger partial charge < -0.3 is 15.1 Å². The molecule has 160 valence electrons. The Labute approximate surface area is 174 Å². The summed E-state index contributed by atoms with van der Waals surface area (Å²) in [5, 5.41) is 12.6. The number of carbonyl (C=O) groups excluding carboxylic acids is 1. The lowest BCUT2D eigenvalue weighted by Gasteiger charge is -2.38. The van der Waals surface area contributed by atoms with Crippen LogP contribution in [0.25, 0.3) is 6.08 Å². The highest BCUT2D eigenvalue weighted by Crippen LogP contribution is 2.38. The number of piperidine rings is 1. The number of benzene rings is 1. The van der Waals surface area contributed by atoms with Crippen LogP contribution in [0.1, 0.15) is 44.1 Å². The molecule has 1 aliphatic heterocycles. The summed E-state index contributed by atoms with van der Waals surface area (Å²) in [4.78, 5) is 16.1. The van der Waals surface area contributed by atoms with E-state index < -0.39 is 5.91 Å². The molecule has 0 aromatic heterocycles. The van der Waals surface area contributed by atoms with Crippen molar-refractivity contribution in [1.82, 2.24) is 15.7 Å². The predicted molar refractivity (Wildman–Crippen MR) is 118 cm³/mol. The molecule has 1 aliphatic carbocycles. The number of anilines is 1. The van der Waals surface area contributed by atoms with Crippen LogP contribution in [-0.2, 0) is 4.79 Å². The molecule has 0 radical (unpaired) electrons. The van der Waals surface area contributed by atoms with Gasteiger partial charge in [0, 0.05) is 44.0 Å². The zero-order valence-electron chi connectivity index (χ0n) is 17.9. The van der Waals surface area contributed by atoms with E-state index in [2.05, 4.69) is 35.3 Å². The van der Waals surface area contributed by atoms with Crippen LogP contribution in [0.4, 0.5) is 5.69 Å². The molecule has 0 atom stereocenters. The second-order valence-electron chi connectivity index (χ2n) is 8.96. The monoisotopic (exact) mass is 400 g/mol. The zero-order valence-corrected chi connectivity index (χ0v) is 17.9. The Kier molecular flexibility index (Phi) is 7.70. The van der Waals surface area contributed by atoms with Crippen molar-refractivity contribution < 1.29 is 10.0 Å². The maximum atomic E-state index is 11.3. The Balaban J connectivity index is 1.54. The second kappa shape index (κ2) is 10.2. The third-order valence-corrected chi connectivity index (χ3v) is 6.38. The smallest absolute Gasteiger partial charge is 0.267 e. The van der Waals surface area contributed by atoms with Crippen molar-refractivity contribution in [3.05, 3.63) is 35.9 Å². The first-order chi connectivity index (χ1) is 14.0. The van der Waals surface area contributed by atoms with Gasteiger partial charge in [0.25, 0.3) is 5.91 Å². The molecule has 1 aromatic rings. The average molecular weight is 401 g/mol. The minimum atomic E-state index is -0.513. The van der Waals surface area contributed by atoms with E-state index in [1.54, 1.807) is 11.6 Å². The van der Waals surface area contributed by atoms with Crippen LogP contribution < -0.4 is 15.7 Å². The molecule has 1 amide bonds. The molecular formula is C23H36N4O2. The number of hydrogen-bond donors (Lipinski definition) is 3. The Bertz CT molecular complexity index is 690. The summed E-state index contributed by atoms with van der Waals surface area (Å²) < 4.78 is 0. The molecule has 0 spiro atoms. The molecule has 1 saturated heterocycles. The molecular weight excluding hydrogens is 364 g/mol. The molecule has 1 aromatic carbocycles. The van der Waals surface area contributed by atoms with Gasteiger partial charge in [0.05, 0.1) is 0 Å². The van der Waals surface area contributed by atoms with E-state index in [-0.39, 0.29) is 0 Å². The van der Waals surface area contributed by atoms with E-state index in [9.17, 15) is 4.79 Å². The first-order valence-corrected chi connectivity index (χ1v) is 10.9. The molecule has 29 heavy (non-hydrogen) atoms. The number of hydrogen-bond acceptors (Lipinski definition) is 5. The van der Waals surface area contributed by atoms with Crippen molar-refractivity contribution in [2.75, 3.05) is 45.2 Å². The van der Waals surface area contributed by atoms with Crippen LogP contribution in [0.5, 0.6) is 0 Å². The summed E-state index contributed by atoms with van der Waals surface area (Å²) in [5.41, 5.74) is 4.24. The lowest BCUT2D eigenvalue weighted by molar-refractivity contribution is -0.124. The van der Waals surface area contributed by atoms with Crippen LogP contribution in [0.2, 0.25) is 0 Å². The number of rotatable bonds is 8. The maximum Gasteiger partial charge on any atom is 0.267 e. The second-order valence-corrected chi connectivity index (χ2v) is 8.96. The fourth-order valence-electron chi connectivity index (χ4n) is 4.99. The molecule has 1 saturated carbocycles. The number of carbonyl (C=O) groups is 1. The van der Waals surface area contributed by atoms with E-state index in [1.165, 1.54) is 38.3 Å². The summed E-state index contributed by atoms with van der Waals surface area (Å²) in [6.07, 6.45) is 10.8. The largest absolute Gasteiger partial charge is 0.371 e. The molecule has 3 rings (SSSR count). The van der Waals surface area contributed by atoms with Gasteiger partial charge in [-0.1, -0.05) is 31.0 Å². The van der Waals surface area contributed by atoms with Crippen molar-refractivity contribution in [3.63, 3.8) is 0 Å². The van der Waals surface area contributed by atoms with Gasteiger partial charge in [0.2, 0.25) is 0 Å². The molecule has 2 fully saturated rings. The maximum absolute atomic E-state index is 11.3. The Morgan fingerprint density at radius 2 is 1.93 bits per heavy atom. The quantitative estimate of drug-likeness (QED) is 0.356. The molecule has 6 nitrogen and oxygen atoms in total. The van der Waals surface area contributed by atoms with Crippen LogP contribution >= 0.6 is 0 Å².